The third kappa shape index (κ3) is 19.9. The van der Waals surface area contributed by atoms with Crippen LogP contribution >= 0.6 is 0 Å². The van der Waals surface area contributed by atoms with Crippen molar-refractivity contribution in [3.8, 4) is 45.0 Å². The van der Waals surface area contributed by atoms with E-state index in [-0.39, 0.29) is 29.5 Å². The fourth-order valence-electron chi connectivity index (χ4n) is 28.2. The van der Waals surface area contributed by atoms with Crippen LogP contribution in [-0.4, -0.2) is 63.5 Å². The van der Waals surface area contributed by atoms with E-state index < -0.39 is 0 Å². The molecule has 4 aromatic carbocycles. The van der Waals surface area contributed by atoms with Gasteiger partial charge in [0, 0.05) is 70.7 Å². The molecule has 4 heterocycles. The summed E-state index contributed by atoms with van der Waals surface area (Å²) in [4.78, 5) is 88.9. The van der Waals surface area contributed by atoms with Crippen LogP contribution in [0.4, 0.5) is 46.0 Å². The van der Waals surface area contributed by atoms with Crippen LogP contribution in [0.2, 0.25) is 0 Å². The van der Waals surface area contributed by atoms with Gasteiger partial charge in [0.1, 0.15) is 0 Å². The summed E-state index contributed by atoms with van der Waals surface area (Å²) in [5.41, 5.74) is 39.0. The molecule has 12 N–H and O–H groups in total. The van der Waals surface area contributed by atoms with Gasteiger partial charge in [-0.3, -0.25) is 19.2 Å². The minimum atomic E-state index is -0.0960. The van der Waals surface area contributed by atoms with Gasteiger partial charge in [0.05, 0.1) is 70.3 Å². The molecule has 654 valence electrons. The number of hydrogen-bond acceptors (Lipinski definition) is 16. The number of nitrogens with one attached hydrogen (secondary N) is 4. The molecule has 8 aromatic rings. The van der Waals surface area contributed by atoms with Crippen molar-refractivity contribution in [1.82, 2.24) is 39.9 Å². The molecule has 0 saturated heterocycles. The Labute approximate surface area is 734 Å². The van der Waals surface area contributed by atoms with E-state index in [0.29, 0.717) is 69.6 Å². The van der Waals surface area contributed by atoms with Crippen LogP contribution < -0.4 is 44.2 Å². The number of carbonyl (C=O) groups is 4. The summed E-state index contributed by atoms with van der Waals surface area (Å²) in [7, 11) is 0. The Morgan fingerprint density at radius 1 is 0.355 bits per heavy atom. The van der Waals surface area contributed by atoms with Gasteiger partial charge in [-0.1, -0.05) is 95.5 Å². The van der Waals surface area contributed by atoms with Gasteiger partial charge >= 0.3 is 0 Å². The van der Waals surface area contributed by atoms with E-state index in [1.807, 2.05) is 117 Å². The lowest BCUT2D eigenvalue weighted by atomic mass is 9.48. The molecule has 0 aliphatic heterocycles. The third-order valence-corrected chi connectivity index (χ3v) is 31.9. The predicted octanol–water partition coefficient (Wildman–Crippen LogP) is 21.8. The molecule has 17 fully saturated rings. The summed E-state index contributed by atoms with van der Waals surface area (Å²) in [5.74, 6) is 14.2. The largest absolute Gasteiger partial charge is 0.399 e. The van der Waals surface area contributed by atoms with Crippen molar-refractivity contribution in [1.29, 1.82) is 0 Å². The molecule has 25 rings (SSSR count). The van der Waals surface area contributed by atoms with E-state index in [1.54, 1.807) is 18.6 Å². The first kappa shape index (κ1) is 85.1. The maximum Gasteiger partial charge on any atom is 0.228 e. The summed E-state index contributed by atoms with van der Waals surface area (Å²) in [5, 5.41) is 12.3. The molecule has 20 heteroatoms. The molecule has 16 bridgehead atoms. The lowest BCUT2D eigenvalue weighted by molar-refractivity contribution is -0.119. The Hall–Kier alpha value is -9.72. The lowest BCUT2D eigenvalue weighted by Gasteiger charge is -2.57. The summed E-state index contributed by atoms with van der Waals surface area (Å²) >= 11 is 0. The Morgan fingerprint density at radius 3 is 0.855 bits per heavy atom. The second-order valence-corrected chi connectivity index (χ2v) is 42.9. The van der Waals surface area contributed by atoms with Crippen molar-refractivity contribution in [2.45, 2.75) is 266 Å². The summed E-state index contributed by atoms with van der Waals surface area (Å²) in [6.45, 7) is 9.66. The van der Waals surface area contributed by atoms with Crippen LogP contribution in [0.25, 0.3) is 45.0 Å². The number of anilines is 8. The molecule has 20 nitrogen and oxygen atoms in total. The molecule has 1 atom stereocenters. The highest BCUT2D eigenvalue weighted by Gasteiger charge is 2.55. The van der Waals surface area contributed by atoms with Crippen LogP contribution in [-0.2, 0) is 44.9 Å². The van der Waals surface area contributed by atoms with Crippen molar-refractivity contribution in [3.63, 3.8) is 0 Å². The van der Waals surface area contributed by atoms with Crippen LogP contribution in [0, 0.1) is 110 Å². The monoisotopic (exact) mass is 1670 g/mol. The molecular formula is C104H134N16O4. The minimum Gasteiger partial charge on any atom is -0.399 e. The van der Waals surface area contributed by atoms with Gasteiger partial charge in [0.2, 0.25) is 23.6 Å². The number of nitrogens with zero attached hydrogens (tertiary/aromatic N) is 8. The first-order valence-corrected chi connectivity index (χ1v) is 47.9. The molecule has 4 aromatic heterocycles. The second-order valence-electron chi connectivity index (χ2n) is 42.9. The smallest absolute Gasteiger partial charge is 0.228 e. The zero-order valence-electron chi connectivity index (χ0n) is 74.2. The SMILES string of the molecule is CC(=O)Nc1ncc(-c2ccc(N)cc2)nc1CC12CC3CC(CC(C3)C1)C2.CC(C)CC(=O)Nc1ncc(-c2ccc(N)cc2)nc1CC12CC3CC(CC(C3)C1)C2.CCC(C)C(=O)Nc1ncc(-c2ccc(N)cc2)nc1CC12CC3CC(CC(C3)C1)C2.Nc1ccc(-c2cnc(NC(=O)CC3CCCCC3)c(CC34CC5CC(CC(C5)C3)C4)n2)cc1. The number of hydrogen-bond donors (Lipinski definition) is 8. The molecule has 0 spiro atoms. The Kier molecular flexibility index (Phi) is 24.7. The van der Waals surface area contributed by atoms with Crippen molar-refractivity contribution in [3.05, 3.63) is 145 Å². The van der Waals surface area contributed by atoms with Crippen LogP contribution in [0.5, 0.6) is 0 Å². The van der Waals surface area contributed by atoms with Crippen molar-refractivity contribution in [2.24, 2.45) is 110 Å². The maximum atomic E-state index is 13.0. The van der Waals surface area contributed by atoms with E-state index in [4.69, 9.17) is 57.8 Å². The molecule has 1 unspecified atom stereocenters. The number of rotatable bonds is 22. The second kappa shape index (κ2) is 36.0. The average molecular weight is 1670 g/mol. The molecule has 4 amide bonds. The number of carbonyl (C=O) groups excluding carboxylic acids is 4. The average Bonchev–Trinajstić information content (AvgIpc) is 0.756. The molecule has 17 saturated carbocycles. The number of nitrogens with two attached hydrogens (primary N) is 4. The highest BCUT2D eigenvalue weighted by atomic mass is 16.2. The predicted molar refractivity (Wildman–Crippen MR) is 495 cm³/mol. The Bertz CT molecular complexity index is 5010. The third-order valence-electron chi connectivity index (χ3n) is 31.9. The van der Waals surface area contributed by atoms with Crippen molar-refractivity contribution >= 4 is 69.6 Å². The van der Waals surface area contributed by atoms with E-state index in [1.165, 1.54) is 193 Å². The summed E-state index contributed by atoms with van der Waals surface area (Å²) in [6.07, 6.45) is 51.8. The zero-order valence-corrected chi connectivity index (χ0v) is 74.2. The van der Waals surface area contributed by atoms with E-state index in [0.717, 1.165) is 194 Å². The molecule has 17 aliphatic carbocycles. The van der Waals surface area contributed by atoms with E-state index in [9.17, 15) is 19.2 Å². The fraction of sp³-hybridized carbons (Fsp3) is 0.577. The minimum absolute atomic E-state index is 0.0243. The fourth-order valence-corrected chi connectivity index (χ4v) is 28.2. The number of nitrogen functional groups attached to an aromatic ring is 4. The van der Waals surface area contributed by atoms with Crippen LogP contribution in [0.3, 0.4) is 0 Å². The summed E-state index contributed by atoms with van der Waals surface area (Å²) in [6, 6.07) is 31.1. The molecule has 0 radical (unpaired) electrons. The van der Waals surface area contributed by atoms with Crippen molar-refractivity contribution in [2.75, 3.05) is 44.2 Å². The van der Waals surface area contributed by atoms with Gasteiger partial charge in [0.15, 0.2) is 23.3 Å². The van der Waals surface area contributed by atoms with Gasteiger partial charge in [-0.2, -0.15) is 0 Å². The van der Waals surface area contributed by atoms with Crippen LogP contribution in [0.15, 0.2) is 122 Å². The van der Waals surface area contributed by atoms with Gasteiger partial charge in [-0.15, -0.1) is 0 Å². The van der Waals surface area contributed by atoms with Gasteiger partial charge in [-0.05, 0) is 352 Å². The number of aromatic nitrogens is 8. The number of benzene rings is 4. The van der Waals surface area contributed by atoms with Crippen LogP contribution in [0.1, 0.15) is 263 Å². The van der Waals surface area contributed by atoms with E-state index in [2.05, 4.69) is 40.1 Å². The topological polar surface area (TPSA) is 324 Å². The van der Waals surface area contributed by atoms with Gasteiger partial charge < -0.3 is 44.2 Å². The Balaban J connectivity index is 0.000000113. The summed E-state index contributed by atoms with van der Waals surface area (Å²) < 4.78 is 0. The molecule has 124 heavy (non-hydrogen) atoms. The lowest BCUT2D eigenvalue weighted by Crippen LogP contribution is -2.47. The Morgan fingerprint density at radius 2 is 0.605 bits per heavy atom. The highest BCUT2D eigenvalue weighted by Crippen LogP contribution is 2.65. The van der Waals surface area contributed by atoms with E-state index >= 15 is 0 Å². The number of amides is 4. The highest BCUT2D eigenvalue weighted by molar-refractivity contribution is 5.93. The molecule has 17 aliphatic rings. The molecular weight excluding hydrogens is 1540 g/mol. The maximum absolute atomic E-state index is 13.0. The zero-order chi connectivity index (χ0) is 85.6. The van der Waals surface area contributed by atoms with Gasteiger partial charge in [-0.25, -0.2) is 39.9 Å². The quantitative estimate of drug-likeness (QED) is 0.0292. The normalized spacial score (nSPS) is 29.8. The standard InChI is InChI=1S/C29H38N4O.2C26H34N4O.C23H28N4O/c30-24-8-6-23(7-9-24)26-18-31-28(33-27(34)13-19-4-2-1-3-5-19)25(32-26)17-29-14-20-10-21(15-29)12-22(11-20)16-29;1-16(2)7-24(31)30-25-22(29-23(15-28-25)20-3-5-21(27)6-4-20)14-26-11-17-8-18(12-26)10-19(9-17)13-26;1-3-16(2)25(31)30-24-22(29-23(15-28-24)20-4-6-21(27)7-5-20)14-26-11-17-8-18(12-26)10-19(9-17)13-26;1-14(28)26-22-20(27-21(13-25-22)18-2-4-19(24)5-3-18)12-23-9-15-6-16(10-23)8-17(7-15)11-23/h6-9,18-22H,1-5,10-17,30H2,(H,31,33,34);3-6,15-19H,7-14,27H2,1-2H3,(H,28,30,31);4-7,15-19H,3,8-14,27H2,1-2H3,(H,28,30,31);2-5,13,15-17H,6-12,24H2,1H3,(H,25,26,28). The first-order chi connectivity index (χ1) is 59.8. The van der Waals surface area contributed by atoms with Crippen molar-refractivity contribution < 1.29 is 19.2 Å². The van der Waals surface area contributed by atoms with Gasteiger partial charge in [0.25, 0.3) is 0 Å². The first-order valence-electron chi connectivity index (χ1n) is 47.9.